The Morgan fingerprint density at radius 3 is 3.00 bits per heavy atom. The van der Waals surface area contributed by atoms with Crippen molar-refractivity contribution >= 4 is 0 Å². The highest BCUT2D eigenvalue weighted by Gasteiger charge is 2.08. The number of hydrogen-bond acceptors (Lipinski definition) is 2. The Morgan fingerprint density at radius 2 is 2.55 bits per heavy atom. The van der Waals surface area contributed by atoms with Crippen LogP contribution in [0.3, 0.4) is 0 Å². The maximum atomic E-state index is 8.44. The minimum absolute atomic E-state index is 0.623. The molecule has 0 aromatic rings. The quantitative estimate of drug-likeness (QED) is 0.558. The second-order valence-corrected chi connectivity index (χ2v) is 2.84. The highest BCUT2D eigenvalue weighted by molar-refractivity contribution is 5.11. The van der Waals surface area contributed by atoms with Crippen molar-refractivity contribution in [3.63, 3.8) is 0 Å². The Morgan fingerprint density at radius 1 is 1.73 bits per heavy atom. The van der Waals surface area contributed by atoms with E-state index in [2.05, 4.69) is 24.0 Å². The van der Waals surface area contributed by atoms with Crippen molar-refractivity contribution in [3.05, 3.63) is 11.6 Å². The van der Waals surface area contributed by atoms with E-state index in [1.165, 1.54) is 5.57 Å². The fourth-order valence-corrected chi connectivity index (χ4v) is 1.30. The minimum Gasteiger partial charge on any atom is -0.300 e. The third-order valence-corrected chi connectivity index (χ3v) is 2.14. The van der Waals surface area contributed by atoms with E-state index in [0.717, 1.165) is 26.1 Å². The lowest BCUT2D eigenvalue weighted by Gasteiger charge is -2.23. The maximum absolute atomic E-state index is 8.44. The van der Waals surface area contributed by atoms with E-state index >= 15 is 0 Å². The average Bonchev–Trinajstić information content (AvgIpc) is 2.07. The van der Waals surface area contributed by atoms with Gasteiger partial charge in [0.15, 0.2) is 0 Å². The summed E-state index contributed by atoms with van der Waals surface area (Å²) in [5, 5.41) is 8.44. The zero-order valence-electron chi connectivity index (χ0n) is 7.01. The van der Waals surface area contributed by atoms with Crippen molar-refractivity contribution in [1.82, 2.24) is 4.90 Å². The van der Waals surface area contributed by atoms with Crippen molar-refractivity contribution in [1.29, 1.82) is 5.26 Å². The van der Waals surface area contributed by atoms with Crippen LogP contribution in [0.1, 0.15) is 19.8 Å². The molecule has 0 N–H and O–H groups in total. The van der Waals surface area contributed by atoms with Gasteiger partial charge in [-0.05, 0) is 13.0 Å². The van der Waals surface area contributed by atoms with E-state index in [-0.39, 0.29) is 0 Å². The van der Waals surface area contributed by atoms with Gasteiger partial charge in [0.05, 0.1) is 12.5 Å². The predicted octanol–water partition coefficient (Wildman–Crippen LogP) is 1.55. The third-order valence-electron chi connectivity index (χ3n) is 2.14. The number of nitriles is 1. The van der Waals surface area contributed by atoms with Crippen LogP contribution in [0, 0.1) is 11.3 Å². The number of nitrogens with zero attached hydrogens (tertiary/aromatic N) is 2. The van der Waals surface area contributed by atoms with E-state index < -0.39 is 0 Å². The molecule has 0 radical (unpaired) electrons. The molecule has 1 heterocycles. The molecule has 0 aromatic carbocycles. The molecule has 60 valence electrons. The van der Waals surface area contributed by atoms with Gasteiger partial charge in [0.2, 0.25) is 0 Å². The summed E-state index contributed by atoms with van der Waals surface area (Å²) in [7, 11) is 0. The molecule has 0 atom stereocenters. The van der Waals surface area contributed by atoms with E-state index in [4.69, 9.17) is 5.26 Å². The SMILES string of the molecule is CCN1CC=C(CC#N)CC1. The zero-order chi connectivity index (χ0) is 8.10. The van der Waals surface area contributed by atoms with Crippen LogP contribution in [0.25, 0.3) is 0 Å². The van der Waals surface area contributed by atoms with Crippen molar-refractivity contribution in [2.24, 2.45) is 0 Å². The Hall–Kier alpha value is -0.810. The van der Waals surface area contributed by atoms with Gasteiger partial charge in [-0.2, -0.15) is 5.26 Å². The molecule has 1 rings (SSSR count). The first-order chi connectivity index (χ1) is 5.36. The van der Waals surface area contributed by atoms with E-state index in [0.29, 0.717) is 6.42 Å². The highest BCUT2D eigenvalue weighted by atomic mass is 15.1. The monoisotopic (exact) mass is 150 g/mol. The third kappa shape index (κ3) is 2.36. The largest absolute Gasteiger partial charge is 0.300 e. The molecule has 0 saturated carbocycles. The van der Waals surface area contributed by atoms with E-state index in [1.54, 1.807) is 0 Å². The van der Waals surface area contributed by atoms with Crippen LogP contribution in [-0.4, -0.2) is 24.5 Å². The lowest BCUT2D eigenvalue weighted by atomic mass is 10.1. The van der Waals surface area contributed by atoms with Crippen molar-refractivity contribution < 1.29 is 0 Å². The number of likely N-dealkylation sites (N-methyl/N-ethyl adjacent to an activating group) is 1. The molecule has 1 aliphatic heterocycles. The topological polar surface area (TPSA) is 27.0 Å². The summed E-state index contributed by atoms with van der Waals surface area (Å²) in [6.45, 7) is 5.46. The van der Waals surface area contributed by atoms with Crippen LogP contribution in [0.15, 0.2) is 11.6 Å². The Bertz CT molecular complexity index is 188. The van der Waals surface area contributed by atoms with Gasteiger partial charge in [-0.3, -0.25) is 4.90 Å². The molecule has 0 aliphatic carbocycles. The normalized spacial score (nSPS) is 19.1. The van der Waals surface area contributed by atoms with Crippen LogP contribution < -0.4 is 0 Å². The fraction of sp³-hybridized carbons (Fsp3) is 0.667. The van der Waals surface area contributed by atoms with Gasteiger partial charge in [0, 0.05) is 13.1 Å². The van der Waals surface area contributed by atoms with E-state index in [9.17, 15) is 0 Å². The average molecular weight is 150 g/mol. The van der Waals surface area contributed by atoms with Gasteiger partial charge in [0.1, 0.15) is 0 Å². The lowest BCUT2D eigenvalue weighted by Crippen LogP contribution is -2.28. The molecule has 0 fully saturated rings. The summed E-state index contributed by atoms with van der Waals surface area (Å²) in [5.74, 6) is 0. The number of hydrogen-bond donors (Lipinski definition) is 0. The van der Waals surface area contributed by atoms with Crippen LogP contribution in [0.2, 0.25) is 0 Å². The molecule has 0 spiro atoms. The van der Waals surface area contributed by atoms with Gasteiger partial charge in [-0.15, -0.1) is 0 Å². The van der Waals surface area contributed by atoms with Crippen LogP contribution in [0.5, 0.6) is 0 Å². The van der Waals surface area contributed by atoms with Gasteiger partial charge in [-0.25, -0.2) is 0 Å². The second kappa shape index (κ2) is 4.15. The zero-order valence-corrected chi connectivity index (χ0v) is 7.01. The Labute approximate surface area is 68.1 Å². The van der Waals surface area contributed by atoms with E-state index in [1.807, 2.05) is 0 Å². The lowest BCUT2D eigenvalue weighted by molar-refractivity contribution is 0.309. The predicted molar refractivity (Wildman–Crippen MR) is 45.0 cm³/mol. The summed E-state index contributed by atoms with van der Waals surface area (Å²) in [6, 6.07) is 2.18. The van der Waals surface area contributed by atoms with Crippen LogP contribution in [-0.2, 0) is 0 Å². The Kier molecular flexibility index (Phi) is 3.13. The summed E-state index contributed by atoms with van der Waals surface area (Å²) in [5.41, 5.74) is 1.32. The molecule has 0 bridgehead atoms. The van der Waals surface area contributed by atoms with Crippen LogP contribution >= 0.6 is 0 Å². The molecule has 1 aliphatic rings. The summed E-state index contributed by atoms with van der Waals surface area (Å²) in [4.78, 5) is 2.38. The molecule has 2 nitrogen and oxygen atoms in total. The van der Waals surface area contributed by atoms with Crippen molar-refractivity contribution in [2.75, 3.05) is 19.6 Å². The molecule has 0 unspecified atom stereocenters. The minimum atomic E-state index is 0.623. The Balaban J connectivity index is 2.39. The maximum Gasteiger partial charge on any atom is 0.0666 e. The smallest absolute Gasteiger partial charge is 0.0666 e. The van der Waals surface area contributed by atoms with Crippen molar-refractivity contribution in [2.45, 2.75) is 19.8 Å². The van der Waals surface area contributed by atoms with Gasteiger partial charge in [-0.1, -0.05) is 18.6 Å². The first-order valence-electron chi connectivity index (χ1n) is 4.14. The standard InChI is InChI=1S/C9H14N2/c1-2-11-7-4-9(3-6-10)5-8-11/h4H,2-3,5,7-8H2,1H3. The molecular formula is C9H14N2. The first-order valence-corrected chi connectivity index (χ1v) is 4.14. The van der Waals surface area contributed by atoms with Crippen LogP contribution in [0.4, 0.5) is 0 Å². The molecule has 2 heteroatoms. The molecule has 0 aromatic heterocycles. The van der Waals surface area contributed by atoms with Gasteiger partial charge in [0.25, 0.3) is 0 Å². The molecule has 0 amide bonds. The molecule has 0 saturated heterocycles. The summed E-state index contributed by atoms with van der Waals surface area (Å²) < 4.78 is 0. The summed E-state index contributed by atoms with van der Waals surface area (Å²) >= 11 is 0. The molecular weight excluding hydrogens is 136 g/mol. The molecule has 11 heavy (non-hydrogen) atoms. The highest BCUT2D eigenvalue weighted by Crippen LogP contribution is 2.12. The van der Waals surface area contributed by atoms with Gasteiger partial charge < -0.3 is 0 Å². The number of rotatable bonds is 2. The van der Waals surface area contributed by atoms with Crippen molar-refractivity contribution in [3.8, 4) is 6.07 Å². The fourth-order valence-electron chi connectivity index (χ4n) is 1.30. The first kappa shape index (κ1) is 8.29. The van der Waals surface area contributed by atoms with Gasteiger partial charge >= 0.3 is 0 Å². The second-order valence-electron chi connectivity index (χ2n) is 2.84. The summed E-state index contributed by atoms with van der Waals surface area (Å²) in [6.07, 6.45) is 3.90.